The molecule has 0 bridgehead atoms. The largest absolute Gasteiger partial charge is 0.496 e. The van der Waals surface area contributed by atoms with Crippen LogP contribution in [0.15, 0.2) is 36.4 Å². The molecule has 1 atom stereocenters. The molecule has 0 spiro atoms. The smallest absolute Gasteiger partial charge is 0.264 e. The average molecular weight is 344 g/mol. The molecule has 1 aliphatic rings. The fourth-order valence-corrected chi connectivity index (χ4v) is 3.80. The molecule has 2 heterocycles. The number of carbonyl (C=O) groups is 2. The summed E-state index contributed by atoms with van der Waals surface area (Å²) in [6.45, 7) is 2.97. The van der Waals surface area contributed by atoms with E-state index in [0.29, 0.717) is 18.0 Å². The number of methoxy groups -OCH3 is 1. The predicted octanol–water partition coefficient (Wildman–Crippen LogP) is 2.77. The number of ether oxygens (including phenoxy) is 1. The van der Waals surface area contributed by atoms with E-state index in [9.17, 15) is 9.59 Å². The Hall–Kier alpha value is -2.34. The number of carbonyl (C=O) groups excluding carboxylic acids is 2. The highest BCUT2D eigenvalue weighted by Crippen LogP contribution is 2.35. The van der Waals surface area contributed by atoms with Crippen molar-refractivity contribution in [2.24, 2.45) is 0 Å². The molecule has 24 heavy (non-hydrogen) atoms. The van der Waals surface area contributed by atoms with Crippen molar-refractivity contribution in [3.05, 3.63) is 41.3 Å². The van der Waals surface area contributed by atoms with Crippen LogP contribution in [0.2, 0.25) is 0 Å². The van der Waals surface area contributed by atoms with Gasteiger partial charge in [-0.2, -0.15) is 0 Å². The highest BCUT2D eigenvalue weighted by atomic mass is 32.1. The Kier molecular flexibility index (Phi) is 4.85. The minimum atomic E-state index is -0.447. The van der Waals surface area contributed by atoms with Crippen molar-refractivity contribution in [3.63, 3.8) is 0 Å². The van der Waals surface area contributed by atoms with Crippen molar-refractivity contribution in [3.8, 4) is 16.2 Å². The third-order valence-electron chi connectivity index (χ3n) is 4.17. The Labute approximate surface area is 145 Å². The monoisotopic (exact) mass is 344 g/mol. The molecule has 1 fully saturated rings. The lowest BCUT2D eigenvalue weighted by Gasteiger charge is -2.24. The fraction of sp³-hybridized carbons (Fsp3) is 0.333. The zero-order chi connectivity index (χ0) is 17.1. The zero-order valence-corrected chi connectivity index (χ0v) is 14.6. The number of para-hydroxylation sites is 1. The maximum absolute atomic E-state index is 12.8. The summed E-state index contributed by atoms with van der Waals surface area (Å²) < 4.78 is 5.39. The summed E-state index contributed by atoms with van der Waals surface area (Å²) >= 11 is 1.42. The predicted molar refractivity (Wildman–Crippen MR) is 94.4 cm³/mol. The molecule has 0 radical (unpaired) electrons. The van der Waals surface area contributed by atoms with Gasteiger partial charge in [-0.3, -0.25) is 9.59 Å². The first-order valence-corrected chi connectivity index (χ1v) is 8.75. The lowest BCUT2D eigenvalue weighted by atomic mass is 10.1. The van der Waals surface area contributed by atoms with Gasteiger partial charge < -0.3 is 15.0 Å². The highest BCUT2D eigenvalue weighted by molar-refractivity contribution is 7.17. The van der Waals surface area contributed by atoms with Crippen molar-refractivity contribution < 1.29 is 14.3 Å². The Morgan fingerprint density at radius 1 is 1.29 bits per heavy atom. The molecular weight excluding hydrogens is 324 g/mol. The molecule has 1 aromatic carbocycles. The van der Waals surface area contributed by atoms with Crippen LogP contribution in [-0.4, -0.2) is 43.0 Å². The lowest BCUT2D eigenvalue weighted by Crippen LogP contribution is -2.45. The van der Waals surface area contributed by atoms with E-state index >= 15 is 0 Å². The molecule has 5 nitrogen and oxygen atoms in total. The van der Waals surface area contributed by atoms with Crippen LogP contribution in [0.1, 0.15) is 23.0 Å². The van der Waals surface area contributed by atoms with Crippen LogP contribution in [-0.2, 0) is 4.79 Å². The first-order chi connectivity index (χ1) is 11.6. The second-order valence-electron chi connectivity index (χ2n) is 5.68. The molecule has 2 aromatic rings. The van der Waals surface area contributed by atoms with E-state index in [2.05, 4.69) is 5.32 Å². The number of hydrogen-bond donors (Lipinski definition) is 1. The van der Waals surface area contributed by atoms with Crippen LogP contribution in [0.25, 0.3) is 10.4 Å². The summed E-state index contributed by atoms with van der Waals surface area (Å²) in [5, 5.41) is 2.83. The van der Waals surface area contributed by atoms with E-state index in [0.717, 1.165) is 22.6 Å². The van der Waals surface area contributed by atoms with Gasteiger partial charge in [0, 0.05) is 23.5 Å². The first-order valence-electron chi connectivity index (χ1n) is 7.93. The average Bonchev–Trinajstić information content (AvgIpc) is 3.04. The Morgan fingerprint density at radius 3 is 2.88 bits per heavy atom. The number of nitrogens with one attached hydrogen (secondary N) is 1. The molecule has 1 saturated heterocycles. The van der Waals surface area contributed by atoms with Crippen molar-refractivity contribution in [2.45, 2.75) is 19.4 Å². The third-order valence-corrected chi connectivity index (χ3v) is 5.28. The van der Waals surface area contributed by atoms with Crippen LogP contribution >= 0.6 is 11.3 Å². The number of rotatable bonds is 3. The number of amides is 2. The maximum atomic E-state index is 12.8. The SMILES string of the molecule is COc1ccccc1-c1ccc(C(=O)N2CCCNC(=O)[C@@H]2C)s1. The van der Waals surface area contributed by atoms with E-state index in [4.69, 9.17) is 4.74 Å². The lowest BCUT2D eigenvalue weighted by molar-refractivity contribution is -0.124. The summed E-state index contributed by atoms with van der Waals surface area (Å²) in [5.41, 5.74) is 0.964. The van der Waals surface area contributed by atoms with Gasteiger partial charge in [-0.15, -0.1) is 11.3 Å². The summed E-state index contributed by atoms with van der Waals surface area (Å²) in [7, 11) is 1.63. The van der Waals surface area contributed by atoms with Gasteiger partial charge in [0.05, 0.1) is 12.0 Å². The van der Waals surface area contributed by atoms with Crippen LogP contribution in [0.3, 0.4) is 0 Å². The summed E-state index contributed by atoms with van der Waals surface area (Å²) in [6.07, 6.45) is 0.770. The van der Waals surface area contributed by atoms with Crippen LogP contribution in [0.5, 0.6) is 5.75 Å². The molecule has 3 rings (SSSR count). The van der Waals surface area contributed by atoms with Crippen LogP contribution < -0.4 is 10.1 Å². The van der Waals surface area contributed by atoms with Gasteiger partial charge in [0.2, 0.25) is 5.91 Å². The fourth-order valence-electron chi connectivity index (χ4n) is 2.81. The highest BCUT2D eigenvalue weighted by Gasteiger charge is 2.29. The topological polar surface area (TPSA) is 58.6 Å². The van der Waals surface area contributed by atoms with Crippen molar-refractivity contribution in [1.82, 2.24) is 10.2 Å². The molecule has 0 aliphatic carbocycles. The van der Waals surface area contributed by atoms with Crippen molar-refractivity contribution in [2.75, 3.05) is 20.2 Å². The van der Waals surface area contributed by atoms with Gasteiger partial charge in [0.15, 0.2) is 0 Å². The molecule has 1 aliphatic heterocycles. The molecule has 1 N–H and O–H groups in total. The number of benzene rings is 1. The number of nitrogens with zero attached hydrogens (tertiary/aromatic N) is 1. The minimum Gasteiger partial charge on any atom is -0.496 e. The molecular formula is C18H20N2O3S. The van der Waals surface area contributed by atoms with E-state index in [1.807, 2.05) is 36.4 Å². The molecule has 126 valence electrons. The first kappa shape index (κ1) is 16.5. The Balaban J connectivity index is 1.87. The molecule has 1 aromatic heterocycles. The normalized spacial score (nSPS) is 18.0. The van der Waals surface area contributed by atoms with Crippen LogP contribution in [0.4, 0.5) is 0 Å². The van der Waals surface area contributed by atoms with Crippen molar-refractivity contribution >= 4 is 23.2 Å². The summed E-state index contributed by atoms with van der Waals surface area (Å²) in [4.78, 5) is 28.0. The van der Waals surface area contributed by atoms with Crippen molar-refractivity contribution in [1.29, 1.82) is 0 Å². The standard InChI is InChI=1S/C18H20N2O3S/c1-12-17(21)19-10-5-11-20(12)18(22)16-9-8-15(24-16)13-6-3-4-7-14(13)23-2/h3-4,6-9,12H,5,10-11H2,1-2H3,(H,19,21)/t12-/m0/s1. The third kappa shape index (κ3) is 3.14. The molecule has 0 unspecified atom stereocenters. The van der Waals surface area contributed by atoms with E-state index in [1.165, 1.54) is 11.3 Å². The van der Waals surface area contributed by atoms with E-state index in [-0.39, 0.29) is 11.8 Å². The van der Waals surface area contributed by atoms with Gasteiger partial charge in [0.25, 0.3) is 5.91 Å². The Bertz CT molecular complexity index is 756. The molecule has 2 amide bonds. The van der Waals surface area contributed by atoms with Gasteiger partial charge in [-0.05, 0) is 37.6 Å². The number of thiophene rings is 1. The summed E-state index contributed by atoms with van der Waals surface area (Å²) in [5.74, 6) is 0.592. The van der Waals surface area contributed by atoms with E-state index in [1.54, 1.807) is 18.9 Å². The second kappa shape index (κ2) is 7.05. The number of hydrogen-bond acceptors (Lipinski definition) is 4. The van der Waals surface area contributed by atoms with Gasteiger partial charge in [-0.1, -0.05) is 12.1 Å². The Morgan fingerprint density at radius 2 is 2.08 bits per heavy atom. The van der Waals surface area contributed by atoms with Crippen LogP contribution in [0, 0.1) is 0 Å². The molecule has 0 saturated carbocycles. The van der Waals surface area contributed by atoms with Gasteiger partial charge in [-0.25, -0.2) is 0 Å². The quantitative estimate of drug-likeness (QED) is 0.931. The molecule has 6 heteroatoms. The summed E-state index contributed by atoms with van der Waals surface area (Å²) in [6, 6.07) is 11.0. The zero-order valence-electron chi connectivity index (χ0n) is 13.7. The van der Waals surface area contributed by atoms with E-state index < -0.39 is 6.04 Å². The van der Waals surface area contributed by atoms with Gasteiger partial charge >= 0.3 is 0 Å². The van der Waals surface area contributed by atoms with Gasteiger partial charge in [0.1, 0.15) is 11.8 Å². The maximum Gasteiger partial charge on any atom is 0.264 e. The minimum absolute atomic E-state index is 0.0919. The second-order valence-corrected chi connectivity index (χ2v) is 6.77.